The Bertz CT molecular complexity index is 471. The Morgan fingerprint density at radius 3 is 2.57 bits per heavy atom. The first-order chi connectivity index (χ1) is 10.1. The molecule has 1 heterocycles. The number of hydrogen-bond donors (Lipinski definition) is 1. The van der Waals surface area contributed by atoms with Gasteiger partial charge in [0.05, 0.1) is 0 Å². The number of aromatic nitrogens is 2. The lowest BCUT2D eigenvalue weighted by molar-refractivity contribution is -0.0208. The number of fused-ring (bicyclic) bond motifs is 1. The van der Waals surface area contributed by atoms with Gasteiger partial charge in [-0.3, -0.25) is 0 Å². The van der Waals surface area contributed by atoms with Crippen molar-refractivity contribution >= 4 is 5.82 Å². The molecular formula is C17H29N3O. The van der Waals surface area contributed by atoms with Gasteiger partial charge in [-0.25, -0.2) is 9.97 Å². The number of ether oxygens (including phenoxy) is 1. The highest BCUT2D eigenvalue weighted by Gasteiger charge is 2.27. The summed E-state index contributed by atoms with van der Waals surface area (Å²) in [5.41, 5.74) is 2.12. The van der Waals surface area contributed by atoms with Gasteiger partial charge in [0.1, 0.15) is 11.4 Å². The lowest BCUT2D eigenvalue weighted by atomic mass is 10.1. The molecule has 1 N–H and O–H groups in total. The Balaban J connectivity index is 2.41. The Kier molecular flexibility index (Phi) is 5.57. The van der Waals surface area contributed by atoms with Crippen LogP contribution in [0.15, 0.2) is 0 Å². The molecule has 0 saturated heterocycles. The van der Waals surface area contributed by atoms with Crippen LogP contribution in [-0.4, -0.2) is 23.1 Å². The van der Waals surface area contributed by atoms with Gasteiger partial charge in [-0.2, -0.15) is 0 Å². The normalized spacial score (nSPS) is 15.4. The third-order valence-corrected chi connectivity index (χ3v) is 4.02. The SMILES string of the molecule is CCCNc1nc(C(C)(C)OCC)nc2c1CCCCC2. The third-order valence-electron chi connectivity index (χ3n) is 4.02. The van der Waals surface area contributed by atoms with Gasteiger partial charge in [0, 0.05) is 24.4 Å². The molecule has 1 aromatic heterocycles. The number of nitrogens with one attached hydrogen (secondary N) is 1. The maximum Gasteiger partial charge on any atom is 0.162 e. The fraction of sp³-hybridized carbons (Fsp3) is 0.765. The zero-order valence-electron chi connectivity index (χ0n) is 14.0. The quantitative estimate of drug-likeness (QED) is 0.809. The Labute approximate surface area is 128 Å². The van der Waals surface area contributed by atoms with E-state index in [0.717, 1.165) is 37.4 Å². The molecule has 0 saturated carbocycles. The molecule has 118 valence electrons. The molecule has 1 aromatic rings. The fourth-order valence-electron chi connectivity index (χ4n) is 2.86. The highest BCUT2D eigenvalue weighted by Crippen LogP contribution is 2.29. The van der Waals surface area contributed by atoms with Gasteiger partial charge in [0.15, 0.2) is 5.82 Å². The standard InChI is InChI=1S/C17H29N3O/c1-5-12-18-15-13-10-8-7-9-11-14(13)19-16(20-15)17(3,4)21-6-2/h5-12H2,1-4H3,(H,18,19,20). The second-order valence-corrected chi connectivity index (χ2v) is 6.25. The summed E-state index contributed by atoms with van der Waals surface area (Å²) in [4.78, 5) is 9.66. The van der Waals surface area contributed by atoms with E-state index in [4.69, 9.17) is 14.7 Å². The second-order valence-electron chi connectivity index (χ2n) is 6.25. The largest absolute Gasteiger partial charge is 0.370 e. The maximum atomic E-state index is 5.84. The van der Waals surface area contributed by atoms with Gasteiger partial charge < -0.3 is 10.1 Å². The van der Waals surface area contributed by atoms with Crippen LogP contribution in [-0.2, 0) is 23.2 Å². The van der Waals surface area contributed by atoms with Crippen LogP contribution in [0.25, 0.3) is 0 Å². The minimum Gasteiger partial charge on any atom is -0.370 e. The van der Waals surface area contributed by atoms with E-state index in [1.165, 1.54) is 30.5 Å². The van der Waals surface area contributed by atoms with Crippen molar-refractivity contribution < 1.29 is 4.74 Å². The predicted molar refractivity (Wildman–Crippen MR) is 86.7 cm³/mol. The van der Waals surface area contributed by atoms with Crippen LogP contribution in [0.1, 0.15) is 70.5 Å². The highest BCUT2D eigenvalue weighted by molar-refractivity contribution is 5.47. The number of nitrogens with zero attached hydrogens (tertiary/aromatic N) is 2. The lowest BCUT2D eigenvalue weighted by Gasteiger charge is -2.25. The Morgan fingerprint density at radius 2 is 1.86 bits per heavy atom. The van der Waals surface area contributed by atoms with Crippen LogP contribution in [0, 0.1) is 0 Å². The van der Waals surface area contributed by atoms with Crippen LogP contribution < -0.4 is 5.32 Å². The summed E-state index contributed by atoms with van der Waals surface area (Å²) in [7, 11) is 0. The van der Waals surface area contributed by atoms with Gasteiger partial charge in [-0.05, 0) is 52.9 Å². The zero-order chi connectivity index (χ0) is 15.3. The van der Waals surface area contributed by atoms with E-state index in [1.54, 1.807) is 0 Å². The van der Waals surface area contributed by atoms with E-state index in [9.17, 15) is 0 Å². The number of anilines is 1. The molecule has 0 bridgehead atoms. The molecule has 0 unspecified atom stereocenters. The van der Waals surface area contributed by atoms with Crippen LogP contribution in [0.4, 0.5) is 5.82 Å². The van der Waals surface area contributed by atoms with Crippen molar-refractivity contribution in [2.75, 3.05) is 18.5 Å². The molecular weight excluding hydrogens is 262 g/mol. The highest BCUT2D eigenvalue weighted by atomic mass is 16.5. The Morgan fingerprint density at radius 1 is 1.10 bits per heavy atom. The second kappa shape index (κ2) is 7.21. The van der Waals surface area contributed by atoms with Crippen LogP contribution in [0.3, 0.4) is 0 Å². The molecule has 0 atom stereocenters. The van der Waals surface area contributed by atoms with E-state index in [-0.39, 0.29) is 0 Å². The first kappa shape index (κ1) is 16.2. The molecule has 0 aliphatic heterocycles. The minimum atomic E-state index is -0.432. The maximum absolute atomic E-state index is 5.84. The van der Waals surface area contributed by atoms with E-state index >= 15 is 0 Å². The molecule has 0 radical (unpaired) electrons. The molecule has 0 amide bonds. The molecule has 2 rings (SSSR count). The third kappa shape index (κ3) is 3.94. The van der Waals surface area contributed by atoms with E-state index in [1.807, 2.05) is 6.92 Å². The van der Waals surface area contributed by atoms with E-state index < -0.39 is 5.60 Å². The Hall–Kier alpha value is -1.16. The van der Waals surface area contributed by atoms with E-state index in [0.29, 0.717) is 6.61 Å². The lowest BCUT2D eigenvalue weighted by Crippen LogP contribution is -2.26. The van der Waals surface area contributed by atoms with Gasteiger partial charge in [0.25, 0.3) is 0 Å². The number of rotatable bonds is 6. The fourth-order valence-corrected chi connectivity index (χ4v) is 2.86. The first-order valence-corrected chi connectivity index (χ1v) is 8.36. The van der Waals surface area contributed by atoms with Crippen molar-refractivity contribution in [2.45, 2.75) is 71.8 Å². The summed E-state index contributed by atoms with van der Waals surface area (Å²) in [6.45, 7) is 9.93. The summed E-state index contributed by atoms with van der Waals surface area (Å²) in [6.07, 6.45) is 7.01. The van der Waals surface area contributed by atoms with Crippen molar-refractivity contribution in [3.8, 4) is 0 Å². The van der Waals surface area contributed by atoms with Gasteiger partial charge in [-0.1, -0.05) is 13.3 Å². The molecule has 4 heteroatoms. The molecule has 4 nitrogen and oxygen atoms in total. The monoisotopic (exact) mass is 291 g/mol. The first-order valence-electron chi connectivity index (χ1n) is 8.36. The van der Waals surface area contributed by atoms with Crippen molar-refractivity contribution in [2.24, 2.45) is 0 Å². The number of hydrogen-bond acceptors (Lipinski definition) is 4. The van der Waals surface area contributed by atoms with Crippen molar-refractivity contribution in [3.05, 3.63) is 17.1 Å². The van der Waals surface area contributed by atoms with Crippen LogP contribution in [0.2, 0.25) is 0 Å². The number of aryl methyl sites for hydroxylation is 1. The average Bonchev–Trinajstić information content (AvgIpc) is 2.69. The van der Waals surface area contributed by atoms with E-state index in [2.05, 4.69) is 26.1 Å². The average molecular weight is 291 g/mol. The molecule has 0 fully saturated rings. The molecule has 0 spiro atoms. The van der Waals surface area contributed by atoms with Crippen molar-refractivity contribution in [1.29, 1.82) is 0 Å². The summed E-state index contributed by atoms with van der Waals surface area (Å²) in [5.74, 6) is 1.84. The van der Waals surface area contributed by atoms with Gasteiger partial charge >= 0.3 is 0 Å². The summed E-state index contributed by atoms with van der Waals surface area (Å²) < 4.78 is 5.84. The van der Waals surface area contributed by atoms with Crippen molar-refractivity contribution in [1.82, 2.24) is 9.97 Å². The molecule has 1 aliphatic rings. The van der Waals surface area contributed by atoms with Crippen molar-refractivity contribution in [3.63, 3.8) is 0 Å². The summed E-state index contributed by atoms with van der Waals surface area (Å²) >= 11 is 0. The summed E-state index contributed by atoms with van der Waals surface area (Å²) in [6, 6.07) is 0. The molecule has 0 aromatic carbocycles. The predicted octanol–water partition coefficient (Wildman–Crippen LogP) is 3.84. The summed E-state index contributed by atoms with van der Waals surface area (Å²) in [5, 5.41) is 3.50. The molecule has 1 aliphatic carbocycles. The zero-order valence-corrected chi connectivity index (χ0v) is 14.0. The van der Waals surface area contributed by atoms with Crippen LogP contribution in [0.5, 0.6) is 0 Å². The smallest absolute Gasteiger partial charge is 0.162 e. The molecule has 21 heavy (non-hydrogen) atoms. The minimum absolute atomic E-state index is 0.432. The van der Waals surface area contributed by atoms with Gasteiger partial charge in [0.2, 0.25) is 0 Å². The van der Waals surface area contributed by atoms with Gasteiger partial charge in [-0.15, -0.1) is 0 Å². The topological polar surface area (TPSA) is 47.0 Å². The van der Waals surface area contributed by atoms with Crippen LogP contribution >= 0.6 is 0 Å².